The molecule has 1 aliphatic rings. The van der Waals surface area contributed by atoms with Gasteiger partial charge in [-0.3, -0.25) is 0 Å². The van der Waals surface area contributed by atoms with Gasteiger partial charge in [-0.05, 0) is 25.0 Å². The normalized spacial score (nSPS) is 16.9. The molecule has 1 nitrogen and oxygen atoms in total. The number of aromatic nitrogens is 1. The summed E-state index contributed by atoms with van der Waals surface area (Å²) in [4.78, 5) is 4.84. The van der Waals surface area contributed by atoms with Gasteiger partial charge in [-0.15, -0.1) is 11.3 Å². The van der Waals surface area contributed by atoms with Gasteiger partial charge in [-0.25, -0.2) is 4.98 Å². The Morgan fingerprint density at radius 2 is 2.00 bits per heavy atom. The van der Waals surface area contributed by atoms with Crippen LogP contribution in [0.5, 0.6) is 0 Å². The third-order valence-corrected chi connectivity index (χ3v) is 5.10. The summed E-state index contributed by atoms with van der Waals surface area (Å²) in [5, 5.41) is 3.54. The van der Waals surface area contributed by atoms with Crippen molar-refractivity contribution in [2.75, 3.05) is 0 Å². The summed E-state index contributed by atoms with van der Waals surface area (Å²) in [6, 6.07) is 8.39. The van der Waals surface area contributed by atoms with Crippen LogP contribution in [0.25, 0.3) is 11.3 Å². The minimum absolute atomic E-state index is 0.713. The highest BCUT2D eigenvalue weighted by Crippen LogP contribution is 2.36. The lowest BCUT2D eigenvalue weighted by Crippen LogP contribution is -2.03. The Morgan fingerprint density at radius 3 is 2.78 bits per heavy atom. The van der Waals surface area contributed by atoms with Crippen LogP contribution in [0.3, 0.4) is 0 Å². The van der Waals surface area contributed by atoms with E-state index in [4.69, 9.17) is 4.98 Å². The molecule has 0 amide bonds. The minimum atomic E-state index is 0.713. The van der Waals surface area contributed by atoms with Crippen molar-refractivity contribution in [2.24, 2.45) is 0 Å². The summed E-state index contributed by atoms with van der Waals surface area (Å²) in [7, 11) is 0. The topological polar surface area (TPSA) is 12.9 Å². The second-order valence-electron chi connectivity index (χ2n) is 4.92. The van der Waals surface area contributed by atoms with Crippen molar-refractivity contribution in [1.29, 1.82) is 0 Å². The van der Waals surface area contributed by atoms with Crippen LogP contribution in [-0.4, -0.2) is 4.98 Å². The van der Waals surface area contributed by atoms with E-state index in [1.54, 1.807) is 0 Å². The zero-order valence-electron chi connectivity index (χ0n) is 10.2. The van der Waals surface area contributed by atoms with E-state index in [-0.39, 0.29) is 0 Å². The highest BCUT2D eigenvalue weighted by molar-refractivity contribution is 9.10. The van der Waals surface area contributed by atoms with Crippen LogP contribution in [0.2, 0.25) is 0 Å². The summed E-state index contributed by atoms with van der Waals surface area (Å²) in [5.41, 5.74) is 2.34. The first kappa shape index (κ1) is 12.4. The average molecular weight is 322 g/mol. The summed E-state index contributed by atoms with van der Waals surface area (Å²) in [6.45, 7) is 0. The van der Waals surface area contributed by atoms with Gasteiger partial charge in [0.25, 0.3) is 0 Å². The number of rotatable bonds is 2. The van der Waals surface area contributed by atoms with Crippen LogP contribution >= 0.6 is 27.3 Å². The number of nitrogens with zero attached hydrogens (tertiary/aromatic N) is 1. The van der Waals surface area contributed by atoms with Gasteiger partial charge >= 0.3 is 0 Å². The summed E-state index contributed by atoms with van der Waals surface area (Å²) in [5.74, 6) is 0.713. The number of thiazole rings is 1. The fraction of sp³-hybridized carbons (Fsp3) is 0.400. The van der Waals surface area contributed by atoms with Gasteiger partial charge in [0.05, 0.1) is 10.7 Å². The van der Waals surface area contributed by atoms with Crippen molar-refractivity contribution in [3.63, 3.8) is 0 Å². The van der Waals surface area contributed by atoms with Gasteiger partial charge in [-0.2, -0.15) is 0 Å². The standard InChI is InChI=1S/C15H16BrNS/c16-13-8-4-7-12(9-13)14-10-18-15(17-14)11-5-2-1-3-6-11/h4,7-11H,1-3,5-6H2. The zero-order chi connectivity index (χ0) is 12.4. The molecule has 0 N–H and O–H groups in total. The number of hydrogen-bond acceptors (Lipinski definition) is 2. The van der Waals surface area contributed by atoms with Crippen molar-refractivity contribution >= 4 is 27.3 Å². The second kappa shape index (κ2) is 5.54. The molecule has 0 radical (unpaired) electrons. The Morgan fingerprint density at radius 1 is 1.17 bits per heavy atom. The van der Waals surface area contributed by atoms with E-state index in [1.807, 2.05) is 11.3 Å². The molecule has 1 saturated carbocycles. The predicted molar refractivity (Wildman–Crippen MR) is 81.1 cm³/mol. The average Bonchev–Trinajstić information content (AvgIpc) is 2.89. The molecule has 18 heavy (non-hydrogen) atoms. The molecule has 0 saturated heterocycles. The van der Waals surface area contributed by atoms with E-state index in [0.29, 0.717) is 5.92 Å². The van der Waals surface area contributed by atoms with E-state index in [2.05, 4.69) is 45.6 Å². The highest BCUT2D eigenvalue weighted by atomic mass is 79.9. The first-order valence-electron chi connectivity index (χ1n) is 6.54. The minimum Gasteiger partial charge on any atom is -0.241 e. The molecule has 1 fully saturated rings. The predicted octanol–water partition coefficient (Wildman–Crippen LogP) is 5.62. The molecule has 1 aromatic heterocycles. The zero-order valence-corrected chi connectivity index (χ0v) is 12.6. The van der Waals surface area contributed by atoms with Gasteiger partial charge in [-0.1, -0.05) is 47.3 Å². The molecule has 3 rings (SSSR count). The van der Waals surface area contributed by atoms with Crippen LogP contribution in [0.1, 0.15) is 43.0 Å². The Bertz CT molecular complexity index is 529. The van der Waals surface area contributed by atoms with E-state index in [9.17, 15) is 0 Å². The summed E-state index contributed by atoms with van der Waals surface area (Å²) >= 11 is 5.35. The third-order valence-electron chi connectivity index (χ3n) is 3.60. The van der Waals surface area contributed by atoms with E-state index < -0.39 is 0 Å². The molecule has 3 heteroatoms. The van der Waals surface area contributed by atoms with Gasteiger partial charge < -0.3 is 0 Å². The van der Waals surface area contributed by atoms with Gasteiger partial charge in [0.2, 0.25) is 0 Å². The maximum atomic E-state index is 4.84. The molecular weight excluding hydrogens is 306 g/mol. The van der Waals surface area contributed by atoms with Crippen molar-refractivity contribution < 1.29 is 0 Å². The molecule has 0 atom stereocenters. The van der Waals surface area contributed by atoms with Crippen LogP contribution in [-0.2, 0) is 0 Å². The lowest BCUT2D eigenvalue weighted by Gasteiger charge is -2.18. The molecule has 1 heterocycles. The maximum Gasteiger partial charge on any atom is 0.0963 e. The highest BCUT2D eigenvalue weighted by Gasteiger charge is 2.18. The van der Waals surface area contributed by atoms with Crippen LogP contribution in [0.4, 0.5) is 0 Å². The second-order valence-corrected chi connectivity index (χ2v) is 6.72. The van der Waals surface area contributed by atoms with Crippen LogP contribution in [0.15, 0.2) is 34.1 Å². The molecule has 0 unspecified atom stereocenters. The summed E-state index contributed by atoms with van der Waals surface area (Å²) in [6.07, 6.45) is 6.80. The number of benzene rings is 1. The third kappa shape index (κ3) is 2.67. The smallest absolute Gasteiger partial charge is 0.0963 e. The molecule has 1 aromatic carbocycles. The van der Waals surface area contributed by atoms with Gasteiger partial charge in [0.1, 0.15) is 0 Å². The lowest BCUT2D eigenvalue weighted by molar-refractivity contribution is 0.442. The molecular formula is C15H16BrNS. The Labute approximate surface area is 120 Å². The Hall–Kier alpha value is -0.670. The SMILES string of the molecule is Brc1cccc(-c2csc(C3CCCCC3)n2)c1. The molecule has 0 aliphatic heterocycles. The molecule has 0 bridgehead atoms. The van der Waals surface area contributed by atoms with Gasteiger partial charge in [0, 0.05) is 21.3 Å². The largest absolute Gasteiger partial charge is 0.241 e. The fourth-order valence-corrected chi connectivity index (χ4v) is 4.00. The number of hydrogen-bond donors (Lipinski definition) is 0. The van der Waals surface area contributed by atoms with E-state index >= 15 is 0 Å². The van der Waals surface area contributed by atoms with Crippen LogP contribution in [0, 0.1) is 0 Å². The maximum absolute atomic E-state index is 4.84. The van der Waals surface area contributed by atoms with Crippen molar-refractivity contribution in [2.45, 2.75) is 38.0 Å². The van der Waals surface area contributed by atoms with E-state index in [1.165, 1.54) is 42.7 Å². The Balaban J connectivity index is 1.84. The molecule has 0 spiro atoms. The van der Waals surface area contributed by atoms with E-state index in [0.717, 1.165) is 10.2 Å². The first-order valence-corrected chi connectivity index (χ1v) is 8.21. The van der Waals surface area contributed by atoms with Crippen molar-refractivity contribution in [3.8, 4) is 11.3 Å². The molecule has 94 valence electrons. The van der Waals surface area contributed by atoms with Crippen molar-refractivity contribution in [1.82, 2.24) is 4.98 Å². The van der Waals surface area contributed by atoms with Crippen LogP contribution < -0.4 is 0 Å². The quantitative estimate of drug-likeness (QED) is 0.699. The monoisotopic (exact) mass is 321 g/mol. The summed E-state index contributed by atoms with van der Waals surface area (Å²) < 4.78 is 1.12. The Kier molecular flexibility index (Phi) is 3.80. The molecule has 2 aromatic rings. The van der Waals surface area contributed by atoms with Crippen molar-refractivity contribution in [3.05, 3.63) is 39.1 Å². The number of halogens is 1. The molecule has 1 aliphatic carbocycles. The van der Waals surface area contributed by atoms with Gasteiger partial charge in [0.15, 0.2) is 0 Å². The fourth-order valence-electron chi connectivity index (χ4n) is 2.61. The lowest BCUT2D eigenvalue weighted by atomic mass is 9.90. The first-order chi connectivity index (χ1) is 8.83.